The zero-order valence-electron chi connectivity index (χ0n) is 12.6. The second kappa shape index (κ2) is 6.61. The zero-order chi connectivity index (χ0) is 16.2. The van der Waals surface area contributed by atoms with Crippen LogP contribution in [0.15, 0.2) is 41.4 Å². The van der Waals surface area contributed by atoms with Gasteiger partial charge in [-0.25, -0.2) is 13.4 Å². The summed E-state index contributed by atoms with van der Waals surface area (Å²) in [4.78, 5) is 10.1. The summed E-state index contributed by atoms with van der Waals surface area (Å²) in [5.41, 5.74) is 0.289. The lowest BCUT2D eigenvalue weighted by molar-refractivity contribution is 0.313. The molecule has 1 N–H and O–H groups in total. The summed E-state index contributed by atoms with van der Waals surface area (Å²) in [5, 5.41) is 0. The van der Waals surface area contributed by atoms with Crippen molar-refractivity contribution in [3.8, 4) is 6.01 Å². The SMILES string of the molecule is CCOc1ncc(NS(=O)(=O)c2ccccc2)c(N(C)C)n1. The minimum Gasteiger partial charge on any atom is -0.464 e. The Labute approximate surface area is 130 Å². The molecule has 7 nitrogen and oxygen atoms in total. The summed E-state index contributed by atoms with van der Waals surface area (Å²) in [6, 6.07) is 8.32. The number of anilines is 2. The van der Waals surface area contributed by atoms with Gasteiger partial charge in [0.1, 0.15) is 5.69 Å². The zero-order valence-corrected chi connectivity index (χ0v) is 13.5. The molecule has 0 amide bonds. The van der Waals surface area contributed by atoms with Gasteiger partial charge in [-0.15, -0.1) is 0 Å². The molecule has 1 heterocycles. The van der Waals surface area contributed by atoms with Crippen LogP contribution in [-0.4, -0.2) is 39.1 Å². The molecule has 8 heteroatoms. The van der Waals surface area contributed by atoms with Crippen molar-refractivity contribution in [1.29, 1.82) is 0 Å². The fourth-order valence-electron chi connectivity index (χ4n) is 1.77. The predicted octanol–water partition coefficient (Wildman–Crippen LogP) is 1.74. The van der Waals surface area contributed by atoms with Crippen LogP contribution in [-0.2, 0) is 10.0 Å². The average molecular weight is 322 g/mol. The van der Waals surface area contributed by atoms with Gasteiger partial charge in [-0.2, -0.15) is 4.98 Å². The van der Waals surface area contributed by atoms with Crippen molar-refractivity contribution in [3.05, 3.63) is 36.5 Å². The topological polar surface area (TPSA) is 84.4 Å². The minimum atomic E-state index is -3.69. The lowest BCUT2D eigenvalue weighted by atomic mass is 10.4. The predicted molar refractivity (Wildman–Crippen MR) is 84.8 cm³/mol. The highest BCUT2D eigenvalue weighted by Crippen LogP contribution is 2.25. The maximum absolute atomic E-state index is 12.4. The number of nitrogens with zero attached hydrogens (tertiary/aromatic N) is 3. The molecule has 0 fully saturated rings. The Balaban J connectivity index is 2.37. The standard InChI is InChI=1S/C14H18N4O3S/c1-4-21-14-15-10-12(13(16-14)18(2)3)17-22(19,20)11-8-6-5-7-9-11/h5-10,17H,4H2,1-3H3. The largest absolute Gasteiger partial charge is 0.464 e. The number of rotatable bonds is 6. The number of aromatic nitrogens is 2. The highest BCUT2D eigenvalue weighted by atomic mass is 32.2. The van der Waals surface area contributed by atoms with Crippen LogP contribution in [0.5, 0.6) is 6.01 Å². The lowest BCUT2D eigenvalue weighted by Gasteiger charge is -2.17. The maximum Gasteiger partial charge on any atom is 0.318 e. The molecule has 0 radical (unpaired) electrons. The van der Waals surface area contributed by atoms with E-state index in [1.807, 2.05) is 6.92 Å². The smallest absolute Gasteiger partial charge is 0.318 e. The van der Waals surface area contributed by atoms with Gasteiger partial charge in [0.2, 0.25) is 0 Å². The van der Waals surface area contributed by atoms with Crippen molar-refractivity contribution in [2.24, 2.45) is 0 Å². The molecular formula is C14H18N4O3S. The van der Waals surface area contributed by atoms with Gasteiger partial charge in [-0.1, -0.05) is 18.2 Å². The molecule has 1 aromatic heterocycles. The molecule has 0 unspecified atom stereocenters. The Bertz CT molecular complexity index is 733. The van der Waals surface area contributed by atoms with Crippen molar-refractivity contribution in [2.75, 3.05) is 30.3 Å². The van der Waals surface area contributed by atoms with Crippen molar-refractivity contribution >= 4 is 21.5 Å². The summed E-state index contributed by atoms with van der Waals surface area (Å²) in [7, 11) is -0.167. The van der Waals surface area contributed by atoms with Gasteiger partial charge in [0.05, 0.1) is 17.7 Å². The van der Waals surface area contributed by atoms with Crippen LogP contribution in [0.2, 0.25) is 0 Å². The monoisotopic (exact) mass is 322 g/mol. The summed E-state index contributed by atoms with van der Waals surface area (Å²) in [6.45, 7) is 2.26. The molecule has 0 bridgehead atoms. The third kappa shape index (κ3) is 3.64. The molecule has 2 rings (SSSR count). The molecular weight excluding hydrogens is 304 g/mol. The van der Waals surface area contributed by atoms with Crippen molar-refractivity contribution in [3.63, 3.8) is 0 Å². The molecule has 0 spiro atoms. The van der Waals surface area contributed by atoms with Crippen LogP contribution < -0.4 is 14.4 Å². The lowest BCUT2D eigenvalue weighted by Crippen LogP contribution is -2.19. The second-order valence-electron chi connectivity index (χ2n) is 4.64. The maximum atomic E-state index is 12.4. The van der Waals surface area contributed by atoms with Gasteiger partial charge in [0.15, 0.2) is 5.82 Å². The van der Waals surface area contributed by atoms with E-state index in [0.717, 1.165) is 0 Å². The van der Waals surface area contributed by atoms with Crippen molar-refractivity contribution < 1.29 is 13.2 Å². The van der Waals surface area contributed by atoms with E-state index in [2.05, 4.69) is 14.7 Å². The molecule has 0 aliphatic heterocycles. The molecule has 0 atom stereocenters. The van der Waals surface area contributed by atoms with Crippen LogP contribution in [0.3, 0.4) is 0 Å². The molecule has 0 aliphatic carbocycles. The number of nitrogens with one attached hydrogen (secondary N) is 1. The first-order chi connectivity index (χ1) is 10.4. The first kappa shape index (κ1) is 16.0. The van der Waals surface area contributed by atoms with Gasteiger partial charge in [0, 0.05) is 14.1 Å². The first-order valence-electron chi connectivity index (χ1n) is 6.69. The number of hydrogen-bond acceptors (Lipinski definition) is 6. The van der Waals surface area contributed by atoms with E-state index in [1.54, 1.807) is 37.2 Å². The van der Waals surface area contributed by atoms with Gasteiger partial charge >= 0.3 is 6.01 Å². The Morgan fingerprint density at radius 3 is 2.50 bits per heavy atom. The Morgan fingerprint density at radius 1 is 1.23 bits per heavy atom. The Morgan fingerprint density at radius 2 is 1.91 bits per heavy atom. The molecule has 118 valence electrons. The van der Waals surface area contributed by atoms with Gasteiger partial charge in [-0.05, 0) is 19.1 Å². The second-order valence-corrected chi connectivity index (χ2v) is 6.32. The van der Waals surface area contributed by atoms with Crippen LogP contribution in [0, 0.1) is 0 Å². The highest BCUT2D eigenvalue weighted by molar-refractivity contribution is 7.92. The molecule has 2 aromatic rings. The molecule has 22 heavy (non-hydrogen) atoms. The van der Waals surface area contributed by atoms with E-state index >= 15 is 0 Å². The quantitative estimate of drug-likeness (QED) is 0.872. The van der Waals surface area contributed by atoms with Gasteiger partial charge in [0.25, 0.3) is 10.0 Å². The number of hydrogen-bond donors (Lipinski definition) is 1. The number of benzene rings is 1. The van der Waals surface area contributed by atoms with Gasteiger partial charge < -0.3 is 9.64 Å². The van der Waals surface area contributed by atoms with Crippen molar-refractivity contribution in [2.45, 2.75) is 11.8 Å². The summed E-state index contributed by atoms with van der Waals surface area (Å²) >= 11 is 0. The van der Waals surface area contributed by atoms with Crippen LogP contribution in [0.1, 0.15) is 6.92 Å². The molecule has 0 aliphatic rings. The highest BCUT2D eigenvalue weighted by Gasteiger charge is 2.18. The third-order valence-corrected chi connectivity index (χ3v) is 4.12. The van der Waals surface area contributed by atoms with E-state index < -0.39 is 10.0 Å². The van der Waals surface area contributed by atoms with Crippen molar-refractivity contribution in [1.82, 2.24) is 9.97 Å². The Hall–Kier alpha value is -2.35. The normalized spacial score (nSPS) is 11.0. The van der Waals surface area contributed by atoms with E-state index in [4.69, 9.17) is 4.74 Å². The van der Waals surface area contributed by atoms with Crippen LogP contribution in [0.4, 0.5) is 11.5 Å². The van der Waals surface area contributed by atoms with Crippen LogP contribution in [0.25, 0.3) is 0 Å². The van der Waals surface area contributed by atoms with E-state index in [9.17, 15) is 8.42 Å². The van der Waals surface area contributed by atoms with E-state index in [-0.39, 0.29) is 16.6 Å². The Kier molecular flexibility index (Phi) is 4.81. The summed E-state index contributed by atoms with van der Waals surface area (Å²) in [5.74, 6) is 0.429. The molecule has 0 saturated heterocycles. The summed E-state index contributed by atoms with van der Waals surface area (Å²) < 4.78 is 32.5. The van der Waals surface area contributed by atoms with Gasteiger partial charge in [-0.3, -0.25) is 4.72 Å². The van der Waals surface area contributed by atoms with E-state index in [1.165, 1.54) is 18.3 Å². The summed E-state index contributed by atoms with van der Waals surface area (Å²) in [6.07, 6.45) is 1.40. The van der Waals surface area contributed by atoms with E-state index in [0.29, 0.717) is 12.4 Å². The third-order valence-electron chi connectivity index (χ3n) is 2.74. The fourth-order valence-corrected chi connectivity index (χ4v) is 2.84. The first-order valence-corrected chi connectivity index (χ1v) is 8.17. The fraction of sp³-hybridized carbons (Fsp3) is 0.286. The molecule has 0 saturated carbocycles. The number of sulfonamides is 1. The molecule has 1 aromatic carbocycles. The average Bonchev–Trinajstić information content (AvgIpc) is 2.49. The van der Waals surface area contributed by atoms with Crippen LogP contribution >= 0.6 is 0 Å². The minimum absolute atomic E-state index is 0.175. The number of ether oxygens (including phenoxy) is 1.